The number of hydrogen-bond acceptors (Lipinski definition) is 2. The van der Waals surface area contributed by atoms with E-state index < -0.39 is 0 Å². The summed E-state index contributed by atoms with van der Waals surface area (Å²) in [6.07, 6.45) is 0. The Labute approximate surface area is 97.5 Å². The van der Waals surface area contributed by atoms with Gasteiger partial charge < -0.3 is 5.32 Å². The Balaban J connectivity index is 1.99. The standard InChI is InChI=1S/C12H11BrN2/c13-11-7-4-8-12(15-11)14-9-10-5-2-1-3-6-10/h1-8H,9H2,(H,14,15). The van der Waals surface area contributed by atoms with Crippen molar-refractivity contribution in [1.82, 2.24) is 4.98 Å². The van der Waals surface area contributed by atoms with E-state index in [4.69, 9.17) is 0 Å². The van der Waals surface area contributed by atoms with Crippen molar-refractivity contribution < 1.29 is 0 Å². The molecule has 3 heteroatoms. The van der Waals surface area contributed by atoms with Crippen molar-refractivity contribution in [2.75, 3.05) is 5.32 Å². The number of rotatable bonds is 3. The first-order valence-electron chi connectivity index (χ1n) is 4.75. The molecule has 0 radical (unpaired) electrons. The van der Waals surface area contributed by atoms with Crippen LogP contribution in [0.25, 0.3) is 0 Å². The number of pyridine rings is 1. The van der Waals surface area contributed by atoms with Gasteiger partial charge >= 0.3 is 0 Å². The summed E-state index contributed by atoms with van der Waals surface area (Å²) in [4.78, 5) is 4.29. The third-order valence-corrected chi connectivity index (χ3v) is 2.47. The minimum absolute atomic E-state index is 0.796. The number of hydrogen-bond donors (Lipinski definition) is 1. The van der Waals surface area contributed by atoms with Crippen molar-refractivity contribution in [3.05, 3.63) is 58.7 Å². The van der Waals surface area contributed by atoms with Gasteiger partial charge in [-0.3, -0.25) is 0 Å². The molecule has 0 spiro atoms. The van der Waals surface area contributed by atoms with E-state index in [0.29, 0.717) is 0 Å². The summed E-state index contributed by atoms with van der Waals surface area (Å²) in [7, 11) is 0. The van der Waals surface area contributed by atoms with Gasteiger partial charge in [0, 0.05) is 6.54 Å². The van der Waals surface area contributed by atoms with Gasteiger partial charge in [-0.1, -0.05) is 36.4 Å². The molecule has 0 saturated heterocycles. The zero-order valence-electron chi connectivity index (χ0n) is 8.15. The lowest BCUT2D eigenvalue weighted by atomic mass is 10.2. The van der Waals surface area contributed by atoms with Crippen LogP contribution in [0.2, 0.25) is 0 Å². The Morgan fingerprint density at radius 3 is 2.53 bits per heavy atom. The predicted molar refractivity (Wildman–Crippen MR) is 65.7 cm³/mol. The summed E-state index contributed by atoms with van der Waals surface area (Å²) in [5.41, 5.74) is 1.25. The van der Waals surface area contributed by atoms with Gasteiger partial charge in [-0.25, -0.2) is 4.98 Å². The molecule has 0 aliphatic rings. The number of nitrogens with zero attached hydrogens (tertiary/aromatic N) is 1. The second kappa shape index (κ2) is 4.94. The molecule has 0 aliphatic heterocycles. The van der Waals surface area contributed by atoms with Crippen LogP contribution >= 0.6 is 15.9 Å². The fourth-order valence-electron chi connectivity index (χ4n) is 1.30. The molecule has 0 unspecified atom stereocenters. The van der Waals surface area contributed by atoms with Gasteiger partial charge in [-0.2, -0.15) is 0 Å². The molecule has 0 saturated carbocycles. The second-order valence-electron chi connectivity index (χ2n) is 3.18. The average Bonchev–Trinajstić information content (AvgIpc) is 2.28. The largest absolute Gasteiger partial charge is 0.366 e. The first-order chi connectivity index (χ1) is 7.34. The topological polar surface area (TPSA) is 24.9 Å². The first kappa shape index (κ1) is 10.2. The van der Waals surface area contributed by atoms with Crippen molar-refractivity contribution in [2.45, 2.75) is 6.54 Å². The maximum absolute atomic E-state index is 4.29. The molecular formula is C12H11BrN2. The Morgan fingerprint density at radius 2 is 1.80 bits per heavy atom. The molecule has 2 rings (SSSR count). The number of halogens is 1. The lowest BCUT2D eigenvalue weighted by Crippen LogP contribution is -2.00. The van der Waals surface area contributed by atoms with Crippen LogP contribution in [0.5, 0.6) is 0 Å². The van der Waals surface area contributed by atoms with Crippen LogP contribution in [0.1, 0.15) is 5.56 Å². The SMILES string of the molecule is Brc1cccc(NCc2ccccc2)n1. The molecule has 0 fully saturated rings. The second-order valence-corrected chi connectivity index (χ2v) is 4.00. The normalized spacial score (nSPS) is 9.93. The van der Waals surface area contributed by atoms with Gasteiger partial charge in [0.2, 0.25) is 0 Å². The highest BCUT2D eigenvalue weighted by atomic mass is 79.9. The van der Waals surface area contributed by atoms with Crippen LogP contribution in [-0.4, -0.2) is 4.98 Å². The van der Waals surface area contributed by atoms with Crippen LogP contribution in [0.3, 0.4) is 0 Å². The fourth-order valence-corrected chi connectivity index (χ4v) is 1.64. The molecule has 0 atom stereocenters. The molecule has 76 valence electrons. The molecule has 0 aliphatic carbocycles. The third-order valence-electron chi connectivity index (χ3n) is 2.03. The van der Waals surface area contributed by atoms with Crippen molar-refractivity contribution in [3.8, 4) is 0 Å². The zero-order chi connectivity index (χ0) is 10.5. The first-order valence-corrected chi connectivity index (χ1v) is 5.54. The van der Waals surface area contributed by atoms with E-state index in [2.05, 4.69) is 38.4 Å². The van der Waals surface area contributed by atoms with Crippen LogP contribution in [-0.2, 0) is 6.54 Å². The summed E-state index contributed by atoms with van der Waals surface area (Å²) in [6.45, 7) is 0.796. The van der Waals surface area contributed by atoms with E-state index in [-0.39, 0.29) is 0 Å². The molecule has 15 heavy (non-hydrogen) atoms. The molecular weight excluding hydrogens is 252 g/mol. The molecule has 0 amide bonds. The van der Waals surface area contributed by atoms with Gasteiger partial charge in [0.25, 0.3) is 0 Å². The molecule has 2 nitrogen and oxygen atoms in total. The number of nitrogens with one attached hydrogen (secondary N) is 1. The Bertz CT molecular complexity index is 429. The number of anilines is 1. The number of benzene rings is 1. The van der Waals surface area contributed by atoms with E-state index >= 15 is 0 Å². The van der Waals surface area contributed by atoms with Crippen LogP contribution in [0, 0.1) is 0 Å². The van der Waals surface area contributed by atoms with Crippen LogP contribution < -0.4 is 5.32 Å². The van der Waals surface area contributed by atoms with Gasteiger partial charge in [0.1, 0.15) is 10.4 Å². The van der Waals surface area contributed by atoms with E-state index in [1.54, 1.807) is 0 Å². The highest BCUT2D eigenvalue weighted by Gasteiger charge is 1.94. The fraction of sp³-hybridized carbons (Fsp3) is 0.0833. The summed E-state index contributed by atoms with van der Waals surface area (Å²) in [5, 5.41) is 3.26. The van der Waals surface area contributed by atoms with Gasteiger partial charge in [-0.05, 0) is 33.6 Å². The minimum atomic E-state index is 0.796. The van der Waals surface area contributed by atoms with Crippen molar-refractivity contribution in [3.63, 3.8) is 0 Å². The quantitative estimate of drug-likeness (QED) is 0.858. The highest BCUT2D eigenvalue weighted by Crippen LogP contribution is 2.11. The predicted octanol–water partition coefficient (Wildman–Crippen LogP) is 3.46. The van der Waals surface area contributed by atoms with Crippen molar-refractivity contribution in [1.29, 1.82) is 0 Å². The Kier molecular flexibility index (Phi) is 3.35. The molecule has 1 aromatic heterocycles. The molecule has 0 bridgehead atoms. The molecule has 1 aromatic carbocycles. The average molecular weight is 263 g/mol. The van der Waals surface area contributed by atoms with E-state index in [1.165, 1.54) is 5.56 Å². The molecule has 2 aromatic rings. The summed E-state index contributed by atoms with van der Waals surface area (Å²) in [5.74, 6) is 0.883. The smallest absolute Gasteiger partial charge is 0.127 e. The molecule has 1 heterocycles. The lowest BCUT2D eigenvalue weighted by molar-refractivity contribution is 1.10. The zero-order valence-corrected chi connectivity index (χ0v) is 9.74. The Morgan fingerprint density at radius 1 is 1.00 bits per heavy atom. The maximum atomic E-state index is 4.29. The Hall–Kier alpha value is -1.35. The van der Waals surface area contributed by atoms with E-state index in [9.17, 15) is 0 Å². The van der Waals surface area contributed by atoms with Gasteiger partial charge in [-0.15, -0.1) is 0 Å². The van der Waals surface area contributed by atoms with Crippen LogP contribution in [0.4, 0.5) is 5.82 Å². The van der Waals surface area contributed by atoms with E-state index in [1.807, 2.05) is 36.4 Å². The van der Waals surface area contributed by atoms with E-state index in [0.717, 1.165) is 17.0 Å². The minimum Gasteiger partial charge on any atom is -0.366 e. The molecule has 1 N–H and O–H groups in total. The van der Waals surface area contributed by atoms with Gasteiger partial charge in [0.15, 0.2) is 0 Å². The number of aromatic nitrogens is 1. The summed E-state index contributed by atoms with van der Waals surface area (Å²) in [6, 6.07) is 16.1. The van der Waals surface area contributed by atoms with Crippen molar-refractivity contribution in [2.24, 2.45) is 0 Å². The van der Waals surface area contributed by atoms with Crippen LogP contribution in [0.15, 0.2) is 53.1 Å². The highest BCUT2D eigenvalue weighted by molar-refractivity contribution is 9.10. The third kappa shape index (κ3) is 3.06. The lowest BCUT2D eigenvalue weighted by Gasteiger charge is -2.05. The summed E-state index contributed by atoms with van der Waals surface area (Å²) >= 11 is 3.34. The monoisotopic (exact) mass is 262 g/mol. The summed E-state index contributed by atoms with van der Waals surface area (Å²) < 4.78 is 0.848. The van der Waals surface area contributed by atoms with Crippen molar-refractivity contribution >= 4 is 21.7 Å². The van der Waals surface area contributed by atoms with Gasteiger partial charge in [0.05, 0.1) is 0 Å². The maximum Gasteiger partial charge on any atom is 0.127 e.